The zero-order valence-electron chi connectivity index (χ0n) is 8.81. The van der Waals surface area contributed by atoms with Crippen LogP contribution in [0.15, 0.2) is 30.3 Å². The third-order valence-corrected chi connectivity index (χ3v) is 2.80. The van der Waals surface area contributed by atoms with Crippen LogP contribution in [0.2, 0.25) is 0 Å². The molecule has 2 nitrogen and oxygen atoms in total. The van der Waals surface area contributed by atoms with E-state index < -0.39 is 0 Å². The zero-order valence-corrected chi connectivity index (χ0v) is 8.81. The van der Waals surface area contributed by atoms with E-state index in [1.165, 1.54) is 5.56 Å². The van der Waals surface area contributed by atoms with E-state index in [0.29, 0.717) is 12.1 Å². The average molecular weight is 191 g/mol. The maximum Gasteiger partial charge on any atom is 0.0674 e. The van der Waals surface area contributed by atoms with E-state index >= 15 is 0 Å². The molecule has 1 aliphatic heterocycles. The second-order valence-electron chi connectivity index (χ2n) is 4.01. The SMILES string of the molecule is CC1CN(C)C(c2ccccc2)CO1. The van der Waals surface area contributed by atoms with E-state index in [9.17, 15) is 0 Å². The number of nitrogens with zero attached hydrogens (tertiary/aromatic N) is 1. The fourth-order valence-electron chi connectivity index (χ4n) is 1.99. The summed E-state index contributed by atoms with van der Waals surface area (Å²) >= 11 is 0. The molecular weight excluding hydrogens is 174 g/mol. The lowest BCUT2D eigenvalue weighted by atomic mass is 10.0. The molecule has 2 unspecified atom stereocenters. The first kappa shape index (κ1) is 9.69. The molecular formula is C12H17NO. The predicted molar refractivity (Wildman–Crippen MR) is 57.2 cm³/mol. The first-order valence-electron chi connectivity index (χ1n) is 5.14. The molecule has 14 heavy (non-hydrogen) atoms. The fourth-order valence-corrected chi connectivity index (χ4v) is 1.99. The molecule has 0 N–H and O–H groups in total. The molecule has 0 aliphatic carbocycles. The summed E-state index contributed by atoms with van der Waals surface area (Å²) < 4.78 is 5.67. The van der Waals surface area contributed by atoms with Crippen molar-refractivity contribution in [1.82, 2.24) is 4.90 Å². The van der Waals surface area contributed by atoms with Gasteiger partial charge in [0.05, 0.1) is 18.8 Å². The molecule has 1 aliphatic rings. The van der Waals surface area contributed by atoms with Crippen molar-refractivity contribution in [2.45, 2.75) is 19.1 Å². The van der Waals surface area contributed by atoms with Gasteiger partial charge in [0.2, 0.25) is 0 Å². The lowest BCUT2D eigenvalue weighted by Gasteiger charge is -2.36. The largest absolute Gasteiger partial charge is 0.375 e. The van der Waals surface area contributed by atoms with Crippen molar-refractivity contribution in [3.63, 3.8) is 0 Å². The summed E-state index contributed by atoms with van der Waals surface area (Å²) in [7, 11) is 2.16. The minimum atomic E-state index is 0.361. The van der Waals surface area contributed by atoms with Crippen molar-refractivity contribution in [1.29, 1.82) is 0 Å². The van der Waals surface area contributed by atoms with Gasteiger partial charge in [0.15, 0.2) is 0 Å². The van der Waals surface area contributed by atoms with E-state index in [-0.39, 0.29) is 0 Å². The van der Waals surface area contributed by atoms with Crippen LogP contribution in [0.25, 0.3) is 0 Å². The van der Waals surface area contributed by atoms with Gasteiger partial charge in [-0.05, 0) is 19.5 Å². The van der Waals surface area contributed by atoms with Gasteiger partial charge in [-0.25, -0.2) is 0 Å². The number of hydrogen-bond donors (Lipinski definition) is 0. The molecule has 1 fully saturated rings. The van der Waals surface area contributed by atoms with Gasteiger partial charge in [0.1, 0.15) is 0 Å². The Morgan fingerprint density at radius 1 is 1.29 bits per heavy atom. The molecule has 2 atom stereocenters. The van der Waals surface area contributed by atoms with Gasteiger partial charge >= 0.3 is 0 Å². The van der Waals surface area contributed by atoms with Crippen molar-refractivity contribution in [2.75, 3.05) is 20.2 Å². The molecule has 0 bridgehead atoms. The van der Waals surface area contributed by atoms with Crippen molar-refractivity contribution >= 4 is 0 Å². The van der Waals surface area contributed by atoms with Crippen LogP contribution in [0.3, 0.4) is 0 Å². The number of rotatable bonds is 1. The van der Waals surface area contributed by atoms with E-state index in [1.807, 2.05) is 0 Å². The third kappa shape index (κ3) is 1.97. The van der Waals surface area contributed by atoms with Crippen molar-refractivity contribution in [2.24, 2.45) is 0 Å². The normalized spacial score (nSPS) is 29.0. The Balaban J connectivity index is 2.12. The van der Waals surface area contributed by atoms with E-state index in [2.05, 4.69) is 49.2 Å². The zero-order chi connectivity index (χ0) is 9.97. The van der Waals surface area contributed by atoms with Crippen LogP contribution >= 0.6 is 0 Å². The Hall–Kier alpha value is -0.860. The molecule has 0 amide bonds. The third-order valence-electron chi connectivity index (χ3n) is 2.80. The highest BCUT2D eigenvalue weighted by molar-refractivity contribution is 5.19. The molecule has 1 heterocycles. The van der Waals surface area contributed by atoms with Gasteiger partial charge < -0.3 is 4.74 Å². The van der Waals surface area contributed by atoms with E-state index in [4.69, 9.17) is 4.74 Å². The maximum absolute atomic E-state index is 5.67. The van der Waals surface area contributed by atoms with Crippen LogP contribution in [0.1, 0.15) is 18.5 Å². The molecule has 1 aromatic rings. The molecule has 2 heteroatoms. The van der Waals surface area contributed by atoms with Crippen molar-refractivity contribution in [3.8, 4) is 0 Å². The minimum absolute atomic E-state index is 0.361. The van der Waals surface area contributed by atoms with Gasteiger partial charge in [0.25, 0.3) is 0 Å². The smallest absolute Gasteiger partial charge is 0.0674 e. The Kier molecular flexibility index (Phi) is 2.85. The Labute approximate surface area is 85.5 Å². The Morgan fingerprint density at radius 3 is 2.64 bits per heavy atom. The number of benzene rings is 1. The number of likely N-dealkylation sites (N-methyl/N-ethyl adjacent to an activating group) is 1. The molecule has 0 spiro atoms. The summed E-state index contributed by atoms with van der Waals surface area (Å²) in [6, 6.07) is 11.0. The summed E-state index contributed by atoms with van der Waals surface area (Å²) in [4.78, 5) is 2.36. The van der Waals surface area contributed by atoms with Gasteiger partial charge in [-0.1, -0.05) is 30.3 Å². The summed E-state index contributed by atoms with van der Waals surface area (Å²) in [5.41, 5.74) is 1.35. The highest BCUT2D eigenvalue weighted by atomic mass is 16.5. The molecule has 1 saturated heterocycles. The molecule has 0 radical (unpaired) electrons. The molecule has 0 saturated carbocycles. The van der Waals surface area contributed by atoms with Crippen molar-refractivity contribution < 1.29 is 4.74 Å². The summed E-state index contributed by atoms with van der Waals surface area (Å²) in [5, 5.41) is 0. The lowest BCUT2D eigenvalue weighted by Crippen LogP contribution is -2.41. The number of hydrogen-bond acceptors (Lipinski definition) is 2. The van der Waals surface area contributed by atoms with Crippen LogP contribution in [0, 0.1) is 0 Å². The van der Waals surface area contributed by atoms with Crippen LogP contribution in [0.4, 0.5) is 0 Å². The van der Waals surface area contributed by atoms with Crippen molar-refractivity contribution in [3.05, 3.63) is 35.9 Å². The van der Waals surface area contributed by atoms with Crippen LogP contribution in [-0.4, -0.2) is 31.2 Å². The monoisotopic (exact) mass is 191 g/mol. The molecule has 76 valence electrons. The maximum atomic E-state index is 5.67. The van der Waals surface area contributed by atoms with Gasteiger partial charge in [-0.2, -0.15) is 0 Å². The van der Waals surface area contributed by atoms with Gasteiger partial charge in [-0.3, -0.25) is 4.90 Å². The first-order chi connectivity index (χ1) is 6.77. The second kappa shape index (κ2) is 4.11. The van der Waals surface area contributed by atoms with E-state index in [0.717, 1.165) is 13.2 Å². The van der Waals surface area contributed by atoms with Crippen LogP contribution < -0.4 is 0 Å². The second-order valence-corrected chi connectivity index (χ2v) is 4.01. The molecule has 2 rings (SSSR count). The minimum Gasteiger partial charge on any atom is -0.375 e. The highest BCUT2D eigenvalue weighted by Crippen LogP contribution is 2.23. The highest BCUT2D eigenvalue weighted by Gasteiger charge is 2.24. The van der Waals surface area contributed by atoms with Gasteiger partial charge in [0, 0.05) is 6.54 Å². The molecule has 1 aromatic carbocycles. The molecule has 0 aromatic heterocycles. The van der Waals surface area contributed by atoms with Crippen LogP contribution in [-0.2, 0) is 4.74 Å². The Bertz CT molecular complexity index is 286. The summed E-state index contributed by atoms with van der Waals surface area (Å²) in [5.74, 6) is 0. The van der Waals surface area contributed by atoms with Gasteiger partial charge in [-0.15, -0.1) is 0 Å². The fraction of sp³-hybridized carbons (Fsp3) is 0.500. The number of ether oxygens (including phenoxy) is 1. The average Bonchev–Trinajstić information content (AvgIpc) is 2.19. The Morgan fingerprint density at radius 2 is 2.00 bits per heavy atom. The quantitative estimate of drug-likeness (QED) is 0.674. The summed E-state index contributed by atoms with van der Waals surface area (Å²) in [6.45, 7) is 3.94. The lowest BCUT2D eigenvalue weighted by molar-refractivity contribution is -0.0456. The predicted octanol–water partition coefficient (Wildman–Crippen LogP) is 2.08. The number of morpholine rings is 1. The first-order valence-corrected chi connectivity index (χ1v) is 5.14. The van der Waals surface area contributed by atoms with E-state index in [1.54, 1.807) is 0 Å². The summed E-state index contributed by atoms with van der Waals surface area (Å²) in [6.07, 6.45) is 0.361. The van der Waals surface area contributed by atoms with Crippen LogP contribution in [0.5, 0.6) is 0 Å². The topological polar surface area (TPSA) is 12.5 Å². The standard InChI is InChI=1S/C12H17NO/c1-10-8-13(2)12(9-14-10)11-6-4-3-5-7-11/h3-7,10,12H,8-9H2,1-2H3.